The number of carbonyl (C=O) groups is 2. The molecule has 3 N–H and O–H groups in total. The van der Waals surface area contributed by atoms with Gasteiger partial charge in [-0.25, -0.2) is 0 Å². The largest absolute Gasteiger partial charge is 0.481 e. The molecule has 0 unspecified atom stereocenters. The maximum Gasteiger partial charge on any atom is 0.320 e. The van der Waals surface area contributed by atoms with E-state index in [9.17, 15) is 9.59 Å². The summed E-state index contributed by atoms with van der Waals surface area (Å²) in [5.41, 5.74) is 2.59. The highest BCUT2D eigenvalue weighted by Gasteiger charge is 2.24. The molecule has 0 spiro atoms. The molecule has 166 valence electrons. The lowest BCUT2D eigenvalue weighted by molar-refractivity contribution is -0.138. The lowest BCUT2D eigenvalue weighted by Crippen LogP contribution is -2.16. The SMILES string of the molecule is O=C(O)CC1CCC(c2ccc(NC(=O)c3nnc(Nc4cccc(Br)c4)o3)cc2)CC1. The predicted octanol–water partition coefficient (Wildman–Crippen LogP) is 5.58. The van der Waals surface area contributed by atoms with Crippen LogP contribution >= 0.6 is 15.9 Å². The van der Waals surface area contributed by atoms with Crippen molar-refractivity contribution in [1.29, 1.82) is 0 Å². The molecule has 1 aliphatic carbocycles. The normalized spacial score (nSPS) is 18.2. The Morgan fingerprint density at radius 1 is 1.03 bits per heavy atom. The van der Waals surface area contributed by atoms with Crippen molar-refractivity contribution in [3.8, 4) is 0 Å². The van der Waals surface area contributed by atoms with Gasteiger partial charge in [0.15, 0.2) is 0 Å². The van der Waals surface area contributed by atoms with Crippen LogP contribution < -0.4 is 10.6 Å². The molecule has 1 heterocycles. The van der Waals surface area contributed by atoms with Gasteiger partial charge in [-0.05, 0) is 73.4 Å². The third kappa shape index (κ3) is 5.73. The molecule has 0 aliphatic heterocycles. The number of nitrogens with zero attached hydrogens (tertiary/aromatic N) is 2. The Balaban J connectivity index is 1.31. The summed E-state index contributed by atoms with van der Waals surface area (Å²) in [6, 6.07) is 15.3. The van der Waals surface area contributed by atoms with Crippen LogP contribution in [0, 0.1) is 5.92 Å². The Morgan fingerprint density at radius 3 is 2.47 bits per heavy atom. The number of amides is 1. The number of carboxylic acids is 1. The number of benzene rings is 2. The molecule has 0 saturated heterocycles. The monoisotopic (exact) mass is 498 g/mol. The van der Waals surface area contributed by atoms with Crippen LogP contribution in [0.3, 0.4) is 0 Å². The summed E-state index contributed by atoms with van der Waals surface area (Å²) in [6.07, 6.45) is 4.10. The van der Waals surface area contributed by atoms with Crippen LogP contribution in [-0.2, 0) is 4.79 Å². The number of nitrogens with one attached hydrogen (secondary N) is 2. The fourth-order valence-corrected chi connectivity index (χ4v) is 4.42. The Morgan fingerprint density at radius 2 is 1.78 bits per heavy atom. The Kier molecular flexibility index (Phi) is 6.84. The zero-order valence-electron chi connectivity index (χ0n) is 17.3. The van der Waals surface area contributed by atoms with Gasteiger partial charge in [0.05, 0.1) is 0 Å². The third-order valence-corrected chi connectivity index (χ3v) is 6.14. The van der Waals surface area contributed by atoms with E-state index in [0.29, 0.717) is 11.6 Å². The average molecular weight is 499 g/mol. The molecule has 0 bridgehead atoms. The molecule has 0 atom stereocenters. The van der Waals surface area contributed by atoms with Crippen LogP contribution in [0.2, 0.25) is 0 Å². The molecule has 1 amide bonds. The van der Waals surface area contributed by atoms with Crippen LogP contribution in [0.5, 0.6) is 0 Å². The van der Waals surface area contributed by atoms with Crippen LogP contribution in [0.4, 0.5) is 17.4 Å². The number of anilines is 3. The summed E-state index contributed by atoms with van der Waals surface area (Å²) in [5.74, 6) is -0.636. The van der Waals surface area contributed by atoms with E-state index in [4.69, 9.17) is 9.52 Å². The maximum absolute atomic E-state index is 12.5. The van der Waals surface area contributed by atoms with Gasteiger partial charge in [0.25, 0.3) is 0 Å². The molecule has 1 fully saturated rings. The molecule has 1 aliphatic rings. The van der Waals surface area contributed by atoms with Crippen molar-refractivity contribution in [3.63, 3.8) is 0 Å². The van der Waals surface area contributed by atoms with E-state index in [1.54, 1.807) is 0 Å². The number of hydrogen-bond donors (Lipinski definition) is 3. The Bertz CT molecular complexity index is 1090. The number of aromatic nitrogens is 2. The van der Waals surface area contributed by atoms with Crippen molar-refractivity contribution in [2.24, 2.45) is 5.92 Å². The standard InChI is InChI=1S/C23H23BrN4O4/c24-17-2-1-3-19(13-17)26-23-28-27-22(32-23)21(31)25-18-10-8-16(9-11-18)15-6-4-14(5-7-15)12-20(29)30/h1-3,8-11,13-15H,4-7,12H2,(H,25,31)(H,26,28)(H,29,30). The van der Waals surface area contributed by atoms with Gasteiger partial charge in [-0.15, -0.1) is 5.10 Å². The smallest absolute Gasteiger partial charge is 0.320 e. The topological polar surface area (TPSA) is 117 Å². The molecular weight excluding hydrogens is 476 g/mol. The second-order valence-corrected chi connectivity index (χ2v) is 8.86. The van der Waals surface area contributed by atoms with Crippen molar-refractivity contribution in [3.05, 3.63) is 64.5 Å². The van der Waals surface area contributed by atoms with Gasteiger partial charge in [-0.2, -0.15) is 0 Å². The van der Waals surface area contributed by atoms with Crippen molar-refractivity contribution in [2.45, 2.75) is 38.0 Å². The highest BCUT2D eigenvalue weighted by Crippen LogP contribution is 2.37. The van der Waals surface area contributed by atoms with E-state index in [2.05, 4.69) is 36.8 Å². The predicted molar refractivity (Wildman–Crippen MR) is 123 cm³/mol. The average Bonchev–Trinajstić information content (AvgIpc) is 3.23. The molecule has 8 nitrogen and oxygen atoms in total. The van der Waals surface area contributed by atoms with Gasteiger partial charge in [0, 0.05) is 22.3 Å². The number of carboxylic acid groups (broad SMARTS) is 1. The molecule has 1 saturated carbocycles. The van der Waals surface area contributed by atoms with Gasteiger partial charge in [0.2, 0.25) is 0 Å². The van der Waals surface area contributed by atoms with Crippen molar-refractivity contribution in [1.82, 2.24) is 10.2 Å². The summed E-state index contributed by atoms with van der Waals surface area (Å²) in [4.78, 5) is 23.3. The van der Waals surface area contributed by atoms with Gasteiger partial charge in [-0.1, -0.05) is 39.2 Å². The highest BCUT2D eigenvalue weighted by molar-refractivity contribution is 9.10. The van der Waals surface area contributed by atoms with Crippen LogP contribution in [0.15, 0.2) is 57.4 Å². The molecule has 0 radical (unpaired) electrons. The van der Waals surface area contributed by atoms with E-state index in [1.165, 1.54) is 5.56 Å². The van der Waals surface area contributed by atoms with E-state index in [-0.39, 0.29) is 24.2 Å². The van der Waals surface area contributed by atoms with Crippen LogP contribution in [0.1, 0.15) is 54.3 Å². The van der Waals surface area contributed by atoms with Gasteiger partial charge in [0.1, 0.15) is 0 Å². The summed E-state index contributed by atoms with van der Waals surface area (Å²) in [5, 5.41) is 22.3. The minimum Gasteiger partial charge on any atom is -0.481 e. The number of carbonyl (C=O) groups excluding carboxylic acids is 1. The lowest BCUT2D eigenvalue weighted by Gasteiger charge is -2.28. The molecular formula is C23H23BrN4O4. The van der Waals surface area contributed by atoms with Crippen molar-refractivity contribution < 1.29 is 19.1 Å². The second kappa shape index (κ2) is 9.95. The minimum atomic E-state index is -0.717. The molecule has 4 rings (SSSR count). The molecule has 2 aromatic carbocycles. The molecule has 9 heteroatoms. The summed E-state index contributed by atoms with van der Waals surface area (Å²) >= 11 is 3.39. The number of hydrogen-bond acceptors (Lipinski definition) is 6. The van der Waals surface area contributed by atoms with Crippen LogP contribution in [0.25, 0.3) is 0 Å². The number of halogens is 1. The zero-order chi connectivity index (χ0) is 22.5. The number of aliphatic carboxylic acids is 1. The zero-order valence-corrected chi connectivity index (χ0v) is 18.8. The first-order chi connectivity index (χ1) is 15.5. The first-order valence-corrected chi connectivity index (χ1v) is 11.2. The first kappa shape index (κ1) is 22.0. The fourth-order valence-electron chi connectivity index (χ4n) is 4.03. The Hall–Kier alpha value is -3.20. The molecule has 1 aromatic heterocycles. The maximum atomic E-state index is 12.5. The van der Waals surface area contributed by atoms with Crippen molar-refractivity contribution in [2.75, 3.05) is 10.6 Å². The highest BCUT2D eigenvalue weighted by atomic mass is 79.9. The minimum absolute atomic E-state index is 0.127. The molecule has 32 heavy (non-hydrogen) atoms. The third-order valence-electron chi connectivity index (χ3n) is 5.65. The summed E-state index contributed by atoms with van der Waals surface area (Å²) in [6.45, 7) is 0. The summed E-state index contributed by atoms with van der Waals surface area (Å²) in [7, 11) is 0. The quantitative estimate of drug-likeness (QED) is 0.389. The summed E-state index contributed by atoms with van der Waals surface area (Å²) < 4.78 is 6.32. The Labute approximate surface area is 193 Å². The van der Waals surface area contributed by atoms with Gasteiger partial charge in [-0.3, -0.25) is 9.59 Å². The van der Waals surface area contributed by atoms with Gasteiger partial charge >= 0.3 is 23.8 Å². The number of rotatable bonds is 7. The van der Waals surface area contributed by atoms with E-state index in [0.717, 1.165) is 35.8 Å². The van der Waals surface area contributed by atoms with E-state index in [1.807, 2.05) is 48.5 Å². The van der Waals surface area contributed by atoms with Crippen molar-refractivity contribution >= 4 is 45.2 Å². The molecule has 3 aromatic rings. The lowest BCUT2D eigenvalue weighted by atomic mass is 9.77. The van der Waals surface area contributed by atoms with E-state index >= 15 is 0 Å². The van der Waals surface area contributed by atoms with Crippen LogP contribution in [-0.4, -0.2) is 27.2 Å². The first-order valence-electron chi connectivity index (χ1n) is 10.5. The fraction of sp³-hybridized carbons (Fsp3) is 0.304. The van der Waals surface area contributed by atoms with Gasteiger partial charge < -0.3 is 20.2 Å². The van der Waals surface area contributed by atoms with E-state index < -0.39 is 11.9 Å². The second-order valence-electron chi connectivity index (χ2n) is 7.94.